The number of benzene rings is 2. The van der Waals surface area contributed by atoms with Crippen LogP contribution in [0.1, 0.15) is 81.7 Å². The predicted octanol–water partition coefficient (Wildman–Crippen LogP) is 5.90. The summed E-state index contributed by atoms with van der Waals surface area (Å²) in [7, 11) is 0. The monoisotopic (exact) mass is 1280 g/mol. The summed E-state index contributed by atoms with van der Waals surface area (Å²) in [5.41, 5.74) is 8.65. The third-order valence-electron chi connectivity index (χ3n) is 11.9. The smallest absolute Gasteiger partial charge is 0.409 e. The number of alkyl halides is 2. The summed E-state index contributed by atoms with van der Waals surface area (Å²) in [5.74, 6) is -0.139. The van der Waals surface area contributed by atoms with Crippen LogP contribution in [0.3, 0.4) is 0 Å². The number of aliphatic hydroxyl groups is 3. The normalized spacial score (nSPS) is 24.1. The molecule has 8 rings (SSSR count). The van der Waals surface area contributed by atoms with Crippen molar-refractivity contribution < 1.29 is 80.2 Å². The van der Waals surface area contributed by atoms with Gasteiger partial charge in [-0.3, -0.25) is 18.7 Å². The summed E-state index contributed by atoms with van der Waals surface area (Å²) in [6, 6.07) is 15.4. The van der Waals surface area contributed by atoms with Crippen molar-refractivity contribution in [2.24, 2.45) is 0 Å². The largest absolute Gasteiger partial charge is 0.813 e. The molecule has 0 aliphatic carbocycles. The zero-order valence-corrected chi connectivity index (χ0v) is 51.6. The van der Waals surface area contributed by atoms with Crippen molar-refractivity contribution in [1.29, 1.82) is 0 Å². The molecule has 4 aromatic heterocycles. The van der Waals surface area contributed by atoms with Gasteiger partial charge in [-0.15, -0.1) is 0 Å². The van der Waals surface area contributed by atoms with E-state index in [0.717, 1.165) is 0 Å². The lowest BCUT2D eigenvalue weighted by molar-refractivity contribution is -0.149. The Balaban J connectivity index is 0.000000253. The van der Waals surface area contributed by atoms with E-state index in [4.69, 9.17) is 76.5 Å². The number of para-hydroxylation sites is 2. The maximum absolute atomic E-state index is 15.7. The molecule has 2 aromatic carbocycles. The molecule has 6 aromatic rings. The molecule has 34 heteroatoms. The van der Waals surface area contributed by atoms with Gasteiger partial charge in [0.1, 0.15) is 47.0 Å². The molecular formula is C50H70ClF2N12O15P2S2-. The molecule has 2 fully saturated rings. The second-order valence-electron chi connectivity index (χ2n) is 19.5. The van der Waals surface area contributed by atoms with Crippen molar-refractivity contribution in [3.63, 3.8) is 0 Å². The average Bonchev–Trinajstić information content (AvgIpc) is 2.12. The third-order valence-corrected chi connectivity index (χ3v) is 16.0. The van der Waals surface area contributed by atoms with Crippen molar-refractivity contribution in [2.45, 2.75) is 142 Å². The molecule has 464 valence electrons. The van der Waals surface area contributed by atoms with E-state index in [2.05, 4.69) is 40.1 Å². The molecule has 0 saturated carbocycles. The molecule has 0 amide bonds. The summed E-state index contributed by atoms with van der Waals surface area (Å²) in [6.07, 6.45) is -6.40. The lowest BCUT2D eigenvalue weighted by atomic mass is 9.98. The molecular weight excluding hydrogens is 1210 g/mol. The topological polar surface area (TPSA) is 358 Å². The fraction of sp³-hybridized carbons (Fsp3) is 0.520. The Kier molecular flexibility index (Phi) is 24.4. The van der Waals surface area contributed by atoms with Crippen LogP contribution in [0.15, 0.2) is 73.3 Å². The first-order valence-corrected chi connectivity index (χ1v) is 31.1. The minimum atomic E-state index is -3.65. The highest BCUT2D eigenvalue weighted by molar-refractivity contribution is 8.09. The van der Waals surface area contributed by atoms with E-state index in [1.807, 2.05) is 0 Å². The Labute approximate surface area is 499 Å². The number of hydrogen-bond donors (Lipinski definition) is 7. The van der Waals surface area contributed by atoms with Crippen molar-refractivity contribution in [3.05, 3.63) is 73.3 Å². The number of aromatic nitrogens is 8. The van der Waals surface area contributed by atoms with Crippen LogP contribution < -0.4 is 40.2 Å². The Morgan fingerprint density at radius 1 is 0.726 bits per heavy atom. The molecule has 9 N–H and O–H groups in total. The highest BCUT2D eigenvalue weighted by Gasteiger charge is 2.56. The number of ether oxygens (including phenoxy) is 6. The fourth-order valence-corrected chi connectivity index (χ4v) is 12.2. The van der Waals surface area contributed by atoms with Gasteiger partial charge < -0.3 is 82.3 Å². The Morgan fingerprint density at radius 2 is 1.13 bits per heavy atom. The van der Waals surface area contributed by atoms with Crippen molar-refractivity contribution in [3.8, 4) is 23.3 Å². The standard InChI is InChI=1S/C25H34FN6O7PS.C13H18FN5O4.C12H17ClNO4P.H2S/c1-6-35-21-18-20(29-24(27)30-21)32(13-28-18)23-25(5,34)19(26)17(38-23)12-36-40(41,39-16-10-8-7-9-11-16)31-15(4)22(33)37-14(2)3;1-3-22-10-7-9(17-12(15)18-10)19(5-16-7)11-13(2,21)8(14)6(4-20)23-11;1-9(2)17-12(15)10(3)14-19(13,16)18-11-7-5-4-6-8-11;/h7-11,13-15,17,19,23,34H,6,12H2,1-5H3,(H,31,41)(H2,27,29,30);5-6,8,11,20-21H,3-4H2,1-2H3,(H2,15,17,18);4-10H,1-3H3,(H,14,16);1H2/p-1/t15-,17+,19+,23+,25+,40?;6-,8-,11-,13-;10-,19?;/m010./s1. The summed E-state index contributed by atoms with van der Waals surface area (Å²) in [4.78, 5) is 48.7. The fourth-order valence-electron chi connectivity index (χ4n) is 8.12. The third kappa shape index (κ3) is 17.3. The van der Waals surface area contributed by atoms with Crippen molar-refractivity contribution in [2.75, 3.05) is 37.9 Å². The van der Waals surface area contributed by atoms with Gasteiger partial charge in [-0.05, 0) is 105 Å². The predicted molar refractivity (Wildman–Crippen MR) is 312 cm³/mol. The quantitative estimate of drug-likeness (QED) is 0.0180. The second kappa shape index (κ2) is 29.6. The lowest BCUT2D eigenvalue weighted by Gasteiger charge is -2.28. The van der Waals surface area contributed by atoms with E-state index in [9.17, 15) is 33.9 Å². The number of aliphatic hydroxyl groups excluding tert-OH is 1. The number of nitrogens with zero attached hydrogens (tertiary/aromatic N) is 8. The van der Waals surface area contributed by atoms with Crippen LogP contribution in [0.5, 0.6) is 23.3 Å². The maximum atomic E-state index is 15.7. The van der Waals surface area contributed by atoms with E-state index in [0.29, 0.717) is 30.2 Å². The molecule has 27 nitrogen and oxygen atoms in total. The number of esters is 2. The number of anilines is 2. The number of halogens is 3. The SMILES string of the molecule is CC(C)OC(=O)[C@H](C)NP(=O)(Cl)Oc1ccccc1.CCOc1nc(N)nc2c1ncn2[C@@H]1O[C@H](CO)[C@@H](F)[C@@]1(C)O.CCOc1nc(N)nc2c1ncn2[C@@H]1O[C@H](COP(=S)(N[C@@H](C)C(=O)OC(C)C)Oc2ccccc2)[C@@H](F)[C@@]1(C)O.[SH-]. The number of nitrogens with two attached hydrogens (primary N) is 2. The Bertz CT molecular complexity index is 3240. The van der Waals surface area contributed by atoms with Crippen LogP contribution in [0.25, 0.3) is 22.3 Å². The summed E-state index contributed by atoms with van der Waals surface area (Å²) in [6.45, 7) is 8.68. The van der Waals surface area contributed by atoms with Gasteiger partial charge in [-0.1, -0.05) is 36.4 Å². The molecule has 2 saturated heterocycles. The molecule has 2 aliphatic heterocycles. The zero-order chi connectivity index (χ0) is 61.2. The highest BCUT2D eigenvalue weighted by atomic mass is 35.7. The van der Waals surface area contributed by atoms with Crippen LogP contribution >= 0.6 is 24.8 Å². The van der Waals surface area contributed by atoms with E-state index < -0.39 is 99.0 Å². The summed E-state index contributed by atoms with van der Waals surface area (Å²) < 4.78 is 94.2. The summed E-state index contributed by atoms with van der Waals surface area (Å²) >= 11 is 11.5. The van der Waals surface area contributed by atoms with Crippen LogP contribution in [-0.4, -0.2) is 153 Å². The van der Waals surface area contributed by atoms with Gasteiger partial charge >= 0.3 is 25.5 Å². The van der Waals surface area contributed by atoms with Gasteiger partial charge in [-0.25, -0.2) is 33.5 Å². The molecule has 0 bridgehead atoms. The lowest BCUT2D eigenvalue weighted by Crippen LogP contribution is -2.42. The van der Waals surface area contributed by atoms with Gasteiger partial charge in [-0.2, -0.15) is 19.9 Å². The number of rotatable bonds is 22. The van der Waals surface area contributed by atoms with Gasteiger partial charge in [0.2, 0.25) is 23.7 Å². The summed E-state index contributed by atoms with van der Waals surface area (Å²) in [5, 5.41) is 36.2. The number of carbonyl (C=O) groups is 2. The molecule has 2 unspecified atom stereocenters. The van der Waals surface area contributed by atoms with E-state index >= 15 is 4.39 Å². The van der Waals surface area contributed by atoms with Gasteiger partial charge in [0.15, 0.2) is 47.1 Å². The van der Waals surface area contributed by atoms with Crippen LogP contribution in [-0.2, 0) is 62.9 Å². The number of nitrogens with one attached hydrogen (secondary N) is 2. The van der Waals surface area contributed by atoms with Gasteiger partial charge in [0, 0.05) is 11.2 Å². The highest BCUT2D eigenvalue weighted by Crippen LogP contribution is 2.50. The van der Waals surface area contributed by atoms with Crippen LogP contribution in [0.4, 0.5) is 20.7 Å². The van der Waals surface area contributed by atoms with E-state index in [1.165, 1.54) is 42.6 Å². The molecule has 0 spiro atoms. The molecule has 6 heterocycles. The first kappa shape index (κ1) is 69.1. The minimum Gasteiger partial charge on any atom is -0.813 e. The van der Waals surface area contributed by atoms with Gasteiger partial charge in [0.05, 0.1) is 51.3 Å². The van der Waals surface area contributed by atoms with Gasteiger partial charge in [0.25, 0.3) is 0 Å². The minimum absolute atomic E-state index is 0. The molecule has 84 heavy (non-hydrogen) atoms. The van der Waals surface area contributed by atoms with Crippen LogP contribution in [0.2, 0.25) is 0 Å². The zero-order valence-electron chi connectivity index (χ0n) is 47.4. The first-order valence-electron chi connectivity index (χ1n) is 25.9. The number of carbonyl (C=O) groups excluding carboxylic acids is 2. The molecule has 12 atom stereocenters. The van der Waals surface area contributed by atoms with E-state index in [1.54, 1.807) is 109 Å². The van der Waals surface area contributed by atoms with Crippen molar-refractivity contribution in [1.82, 2.24) is 49.2 Å². The number of thiol groups is 1. The number of nitrogen functional groups attached to an aromatic ring is 2. The van der Waals surface area contributed by atoms with E-state index in [-0.39, 0.29) is 66.2 Å². The average molecular weight is 1280 g/mol. The maximum Gasteiger partial charge on any atom is 0.409 e. The Hall–Kier alpha value is -5.66. The van der Waals surface area contributed by atoms with Crippen molar-refractivity contribution >= 4 is 96.2 Å². The molecule has 2 aliphatic rings. The van der Waals surface area contributed by atoms with Crippen LogP contribution in [0, 0.1) is 0 Å². The number of imidazole rings is 2. The number of fused-ring (bicyclic) bond motifs is 2. The first-order chi connectivity index (χ1) is 39.0. The number of hydrogen-bond acceptors (Lipinski definition) is 25. The molecule has 0 radical (unpaired) electrons. The Morgan fingerprint density at radius 3 is 1.54 bits per heavy atom. The second-order valence-corrected chi connectivity index (χ2v) is 25.4.